The fourth-order valence-corrected chi connectivity index (χ4v) is 4.11. The number of benzene rings is 1. The molecular formula is C21H30ClN3O2. The Morgan fingerprint density at radius 3 is 2.67 bits per heavy atom. The molecule has 2 aliphatic rings. The number of piperidine rings is 1. The van der Waals surface area contributed by atoms with Gasteiger partial charge in [-0.15, -0.1) is 0 Å². The third-order valence-electron chi connectivity index (χ3n) is 5.58. The van der Waals surface area contributed by atoms with E-state index in [0.717, 1.165) is 68.9 Å². The molecule has 6 heteroatoms. The van der Waals surface area contributed by atoms with Crippen molar-refractivity contribution < 1.29 is 9.59 Å². The Morgan fingerprint density at radius 1 is 1.11 bits per heavy atom. The van der Waals surface area contributed by atoms with E-state index in [1.165, 1.54) is 0 Å². The number of rotatable bonds is 6. The average molecular weight is 392 g/mol. The molecule has 0 aliphatic carbocycles. The monoisotopic (exact) mass is 391 g/mol. The lowest BCUT2D eigenvalue weighted by atomic mass is 10.0. The van der Waals surface area contributed by atoms with Crippen LogP contribution in [0.2, 0.25) is 5.02 Å². The van der Waals surface area contributed by atoms with E-state index < -0.39 is 0 Å². The van der Waals surface area contributed by atoms with Crippen LogP contribution < -0.4 is 5.32 Å². The van der Waals surface area contributed by atoms with E-state index in [1.807, 2.05) is 23.1 Å². The van der Waals surface area contributed by atoms with Crippen molar-refractivity contribution in [3.05, 3.63) is 34.9 Å². The molecule has 27 heavy (non-hydrogen) atoms. The summed E-state index contributed by atoms with van der Waals surface area (Å²) in [4.78, 5) is 28.5. The highest BCUT2D eigenvalue weighted by Crippen LogP contribution is 2.20. The van der Waals surface area contributed by atoms with Crippen LogP contribution in [0.4, 0.5) is 0 Å². The first-order chi connectivity index (χ1) is 13.1. The number of amides is 2. The van der Waals surface area contributed by atoms with Gasteiger partial charge in [-0.1, -0.05) is 36.2 Å². The lowest BCUT2D eigenvalue weighted by molar-refractivity contribution is -0.131. The predicted molar refractivity (Wildman–Crippen MR) is 108 cm³/mol. The minimum Gasteiger partial charge on any atom is -0.353 e. The summed E-state index contributed by atoms with van der Waals surface area (Å²) in [5.74, 6) is 0.268. The van der Waals surface area contributed by atoms with Gasteiger partial charge in [0.2, 0.25) is 11.8 Å². The fourth-order valence-electron chi connectivity index (χ4n) is 3.91. The van der Waals surface area contributed by atoms with Gasteiger partial charge in [-0.25, -0.2) is 0 Å². The van der Waals surface area contributed by atoms with Gasteiger partial charge in [-0.3, -0.25) is 14.5 Å². The molecule has 0 saturated carbocycles. The van der Waals surface area contributed by atoms with E-state index in [1.54, 1.807) is 0 Å². The summed E-state index contributed by atoms with van der Waals surface area (Å²) in [6, 6.07) is 8.20. The van der Waals surface area contributed by atoms with Gasteiger partial charge in [0, 0.05) is 56.6 Å². The minimum atomic E-state index is 0.0663. The van der Waals surface area contributed by atoms with Gasteiger partial charge in [-0.2, -0.15) is 0 Å². The summed E-state index contributed by atoms with van der Waals surface area (Å²) in [6.45, 7) is 4.13. The summed E-state index contributed by atoms with van der Waals surface area (Å²) in [5, 5.41) is 3.97. The molecule has 2 fully saturated rings. The molecule has 1 aromatic carbocycles. The van der Waals surface area contributed by atoms with E-state index in [2.05, 4.69) is 16.3 Å². The zero-order chi connectivity index (χ0) is 19.1. The van der Waals surface area contributed by atoms with Crippen LogP contribution in [-0.4, -0.2) is 53.8 Å². The maximum absolute atomic E-state index is 12.3. The van der Waals surface area contributed by atoms with Crippen molar-refractivity contribution in [1.82, 2.24) is 15.1 Å². The second-order valence-corrected chi connectivity index (χ2v) is 8.06. The molecule has 0 bridgehead atoms. The smallest absolute Gasteiger partial charge is 0.222 e. The lowest BCUT2D eigenvalue weighted by Crippen LogP contribution is -2.45. The van der Waals surface area contributed by atoms with E-state index >= 15 is 0 Å². The zero-order valence-corrected chi connectivity index (χ0v) is 16.7. The van der Waals surface area contributed by atoms with E-state index in [-0.39, 0.29) is 17.9 Å². The Balaban J connectivity index is 1.36. The van der Waals surface area contributed by atoms with E-state index in [0.29, 0.717) is 19.4 Å². The van der Waals surface area contributed by atoms with Gasteiger partial charge in [0.15, 0.2) is 0 Å². The van der Waals surface area contributed by atoms with Crippen LogP contribution in [0.15, 0.2) is 24.3 Å². The molecule has 0 atom stereocenters. The molecule has 0 unspecified atom stereocenters. The molecule has 2 heterocycles. The van der Waals surface area contributed by atoms with Crippen LogP contribution in [0.25, 0.3) is 0 Å². The van der Waals surface area contributed by atoms with Gasteiger partial charge < -0.3 is 10.2 Å². The van der Waals surface area contributed by atoms with Gasteiger partial charge in [0.1, 0.15) is 0 Å². The largest absolute Gasteiger partial charge is 0.353 e. The molecule has 0 aromatic heterocycles. The zero-order valence-electron chi connectivity index (χ0n) is 16.0. The summed E-state index contributed by atoms with van der Waals surface area (Å²) in [6.07, 6.45) is 6.10. The van der Waals surface area contributed by atoms with Crippen molar-refractivity contribution in [3.8, 4) is 0 Å². The number of nitrogens with one attached hydrogen (secondary N) is 1. The van der Waals surface area contributed by atoms with Crippen molar-refractivity contribution in [2.24, 2.45) is 0 Å². The van der Waals surface area contributed by atoms with E-state index in [4.69, 9.17) is 11.6 Å². The first-order valence-electron chi connectivity index (χ1n) is 10.1. The molecule has 2 amide bonds. The third kappa shape index (κ3) is 6.22. The topological polar surface area (TPSA) is 52.7 Å². The maximum atomic E-state index is 12.3. The normalized spacial score (nSPS) is 19.7. The number of hydrogen-bond donors (Lipinski definition) is 1. The van der Waals surface area contributed by atoms with Crippen LogP contribution >= 0.6 is 11.6 Å². The van der Waals surface area contributed by atoms with Crippen LogP contribution in [-0.2, 0) is 16.1 Å². The van der Waals surface area contributed by atoms with Gasteiger partial charge in [-0.05, 0) is 37.3 Å². The van der Waals surface area contributed by atoms with E-state index in [9.17, 15) is 9.59 Å². The predicted octanol–water partition coefficient (Wildman–Crippen LogP) is 3.21. The summed E-state index contributed by atoms with van der Waals surface area (Å²) < 4.78 is 0. The Morgan fingerprint density at radius 2 is 1.89 bits per heavy atom. The SMILES string of the molecule is O=C(CCN1CCCCCC1=O)NC1CCN(Cc2ccccc2Cl)CC1. The van der Waals surface area contributed by atoms with Crippen LogP contribution in [0.5, 0.6) is 0 Å². The molecule has 1 N–H and O–H groups in total. The molecule has 3 rings (SSSR count). The van der Waals surface area contributed by atoms with Crippen molar-refractivity contribution in [2.75, 3.05) is 26.2 Å². The lowest BCUT2D eigenvalue weighted by Gasteiger charge is -2.32. The van der Waals surface area contributed by atoms with Crippen LogP contribution in [0, 0.1) is 0 Å². The highest BCUT2D eigenvalue weighted by molar-refractivity contribution is 6.31. The first-order valence-corrected chi connectivity index (χ1v) is 10.5. The number of likely N-dealkylation sites (tertiary alicyclic amines) is 2. The van der Waals surface area contributed by atoms with Crippen molar-refractivity contribution >= 4 is 23.4 Å². The molecular weight excluding hydrogens is 362 g/mol. The summed E-state index contributed by atoms with van der Waals surface area (Å²) in [5.41, 5.74) is 1.16. The highest BCUT2D eigenvalue weighted by Gasteiger charge is 2.22. The Hall–Kier alpha value is -1.59. The molecule has 2 saturated heterocycles. The molecule has 5 nitrogen and oxygen atoms in total. The molecule has 1 aromatic rings. The second-order valence-electron chi connectivity index (χ2n) is 7.65. The standard InChI is InChI=1S/C21H30ClN3O2/c22-19-7-4-3-6-17(19)16-24-13-9-18(10-14-24)23-20(26)11-15-25-12-5-1-2-8-21(25)27/h3-4,6-7,18H,1-2,5,8-16H2,(H,23,26). The molecule has 148 valence electrons. The number of carbonyl (C=O) groups is 2. The van der Waals surface area contributed by atoms with Crippen LogP contribution in [0.3, 0.4) is 0 Å². The second kappa shape index (κ2) is 10.1. The maximum Gasteiger partial charge on any atom is 0.222 e. The number of carbonyl (C=O) groups excluding carboxylic acids is 2. The van der Waals surface area contributed by atoms with Gasteiger partial charge in [0.05, 0.1) is 0 Å². The molecule has 2 aliphatic heterocycles. The Kier molecular flexibility index (Phi) is 7.53. The number of hydrogen-bond acceptors (Lipinski definition) is 3. The summed E-state index contributed by atoms with van der Waals surface area (Å²) >= 11 is 6.25. The van der Waals surface area contributed by atoms with Crippen molar-refractivity contribution in [1.29, 1.82) is 0 Å². The quantitative estimate of drug-likeness (QED) is 0.810. The van der Waals surface area contributed by atoms with Crippen molar-refractivity contribution in [2.45, 2.75) is 57.5 Å². The number of nitrogens with zero attached hydrogens (tertiary/aromatic N) is 2. The Bertz CT molecular complexity index is 644. The van der Waals surface area contributed by atoms with Crippen molar-refractivity contribution in [3.63, 3.8) is 0 Å². The number of halogens is 1. The Labute approximate surface area is 167 Å². The average Bonchev–Trinajstić information content (AvgIpc) is 2.87. The highest BCUT2D eigenvalue weighted by atomic mass is 35.5. The third-order valence-corrected chi connectivity index (χ3v) is 5.95. The fraction of sp³-hybridized carbons (Fsp3) is 0.619. The minimum absolute atomic E-state index is 0.0663. The summed E-state index contributed by atoms with van der Waals surface area (Å²) in [7, 11) is 0. The first kappa shape index (κ1) is 20.2. The van der Waals surface area contributed by atoms with Gasteiger partial charge >= 0.3 is 0 Å². The molecule has 0 radical (unpaired) electrons. The van der Waals surface area contributed by atoms with Crippen LogP contribution in [0.1, 0.15) is 50.5 Å². The molecule has 0 spiro atoms. The van der Waals surface area contributed by atoms with Gasteiger partial charge in [0.25, 0.3) is 0 Å².